The van der Waals surface area contributed by atoms with E-state index in [0.29, 0.717) is 22.6 Å². The molecule has 0 spiro atoms. The SMILES string of the molecule is CCc1ccc(-c2cc(C3CCC(O)CC3)n3nc(Nc4cc(F)cc(Cl)c4)ncc23)cc1. The van der Waals surface area contributed by atoms with Gasteiger partial charge in [0.2, 0.25) is 5.95 Å². The number of nitrogens with one attached hydrogen (secondary N) is 1. The monoisotopic (exact) mass is 464 g/mol. The van der Waals surface area contributed by atoms with Crippen molar-refractivity contribution < 1.29 is 9.50 Å². The van der Waals surface area contributed by atoms with Crippen LogP contribution in [0.5, 0.6) is 0 Å². The van der Waals surface area contributed by atoms with E-state index in [1.54, 1.807) is 12.3 Å². The number of fused-ring (bicyclic) bond motifs is 1. The highest BCUT2D eigenvalue weighted by Gasteiger charge is 2.25. The number of aliphatic hydroxyl groups excluding tert-OH is 1. The number of halogens is 2. The van der Waals surface area contributed by atoms with E-state index >= 15 is 0 Å². The van der Waals surface area contributed by atoms with Crippen LogP contribution >= 0.6 is 11.6 Å². The Labute approximate surface area is 197 Å². The Balaban J connectivity index is 1.58. The largest absolute Gasteiger partial charge is 0.393 e. The molecule has 33 heavy (non-hydrogen) atoms. The molecule has 0 aliphatic heterocycles. The number of anilines is 2. The maximum absolute atomic E-state index is 13.8. The molecule has 5 nitrogen and oxygen atoms in total. The number of nitrogens with zero attached hydrogens (tertiary/aromatic N) is 3. The lowest BCUT2D eigenvalue weighted by atomic mass is 9.85. The smallest absolute Gasteiger partial charge is 0.245 e. The second-order valence-electron chi connectivity index (χ2n) is 8.70. The van der Waals surface area contributed by atoms with Gasteiger partial charge in [0.25, 0.3) is 0 Å². The van der Waals surface area contributed by atoms with Crippen LogP contribution in [0.25, 0.3) is 16.6 Å². The Morgan fingerprint density at radius 2 is 1.85 bits per heavy atom. The molecule has 1 fully saturated rings. The van der Waals surface area contributed by atoms with Crippen molar-refractivity contribution >= 4 is 28.8 Å². The zero-order valence-corrected chi connectivity index (χ0v) is 19.2. The number of benzene rings is 2. The van der Waals surface area contributed by atoms with Gasteiger partial charge in [0.05, 0.1) is 17.8 Å². The summed E-state index contributed by atoms with van der Waals surface area (Å²) in [5, 5.41) is 18.1. The van der Waals surface area contributed by atoms with Crippen molar-refractivity contribution in [1.82, 2.24) is 14.6 Å². The molecule has 0 atom stereocenters. The number of aryl methyl sites for hydroxylation is 1. The Morgan fingerprint density at radius 1 is 1.09 bits per heavy atom. The van der Waals surface area contributed by atoms with Gasteiger partial charge in [0.1, 0.15) is 5.82 Å². The maximum Gasteiger partial charge on any atom is 0.245 e. The first kappa shape index (κ1) is 21.9. The molecule has 0 saturated heterocycles. The summed E-state index contributed by atoms with van der Waals surface area (Å²) in [6, 6.07) is 15.1. The first-order valence-corrected chi connectivity index (χ1v) is 11.8. The Morgan fingerprint density at radius 3 is 2.55 bits per heavy atom. The van der Waals surface area contributed by atoms with E-state index in [1.807, 2.05) is 4.52 Å². The summed E-state index contributed by atoms with van der Waals surface area (Å²) in [5.74, 6) is 0.243. The fraction of sp³-hybridized carbons (Fsp3) is 0.308. The summed E-state index contributed by atoms with van der Waals surface area (Å²) in [7, 11) is 0. The molecule has 1 aliphatic rings. The number of aliphatic hydroxyl groups is 1. The Hall–Kier alpha value is -2.96. The van der Waals surface area contributed by atoms with E-state index in [1.165, 1.54) is 17.7 Å². The summed E-state index contributed by atoms with van der Waals surface area (Å²) < 4.78 is 15.7. The van der Waals surface area contributed by atoms with Gasteiger partial charge >= 0.3 is 0 Å². The highest BCUT2D eigenvalue weighted by atomic mass is 35.5. The fourth-order valence-electron chi connectivity index (χ4n) is 4.64. The third-order valence-electron chi connectivity index (χ3n) is 6.45. The summed E-state index contributed by atoms with van der Waals surface area (Å²) in [6.45, 7) is 2.15. The van der Waals surface area contributed by atoms with E-state index in [0.717, 1.165) is 54.4 Å². The van der Waals surface area contributed by atoms with Crippen LogP contribution in [0.3, 0.4) is 0 Å². The average Bonchev–Trinajstić information content (AvgIpc) is 3.18. The molecule has 0 amide bonds. The van der Waals surface area contributed by atoms with E-state index in [2.05, 4.69) is 47.6 Å². The molecular formula is C26H26ClFN4O. The number of aromatic nitrogens is 3. The Bertz CT molecular complexity index is 1260. The van der Waals surface area contributed by atoms with Crippen molar-refractivity contribution in [1.29, 1.82) is 0 Å². The molecular weight excluding hydrogens is 439 g/mol. The van der Waals surface area contributed by atoms with Crippen molar-refractivity contribution in [2.45, 2.75) is 51.0 Å². The van der Waals surface area contributed by atoms with E-state index in [4.69, 9.17) is 16.7 Å². The molecule has 170 valence electrons. The minimum absolute atomic E-state index is 0.224. The molecule has 5 rings (SSSR count). The zero-order chi connectivity index (χ0) is 22.9. The average molecular weight is 465 g/mol. The fourth-order valence-corrected chi connectivity index (χ4v) is 4.86. The highest BCUT2D eigenvalue weighted by molar-refractivity contribution is 6.30. The van der Waals surface area contributed by atoms with Crippen LogP contribution in [-0.4, -0.2) is 25.8 Å². The molecule has 2 N–H and O–H groups in total. The van der Waals surface area contributed by atoms with Crippen LogP contribution in [0.4, 0.5) is 16.0 Å². The lowest BCUT2D eigenvalue weighted by Gasteiger charge is -2.25. The molecule has 0 unspecified atom stereocenters. The Kier molecular flexibility index (Phi) is 6.04. The molecule has 0 bridgehead atoms. The molecule has 2 heterocycles. The van der Waals surface area contributed by atoms with Crippen LogP contribution in [0, 0.1) is 5.82 Å². The van der Waals surface area contributed by atoms with Gasteiger partial charge < -0.3 is 10.4 Å². The van der Waals surface area contributed by atoms with Crippen LogP contribution < -0.4 is 5.32 Å². The topological polar surface area (TPSA) is 62.5 Å². The van der Waals surface area contributed by atoms with Crippen LogP contribution in [0.1, 0.15) is 49.8 Å². The number of hydrogen-bond acceptors (Lipinski definition) is 4. The van der Waals surface area contributed by atoms with Crippen molar-refractivity contribution in [2.24, 2.45) is 0 Å². The van der Waals surface area contributed by atoms with Gasteiger partial charge in [0.15, 0.2) is 0 Å². The lowest BCUT2D eigenvalue weighted by molar-refractivity contribution is 0.121. The second kappa shape index (κ2) is 9.12. The third-order valence-corrected chi connectivity index (χ3v) is 6.67. The molecule has 7 heteroatoms. The molecule has 4 aromatic rings. The predicted molar refractivity (Wildman–Crippen MR) is 130 cm³/mol. The summed E-state index contributed by atoms with van der Waals surface area (Å²) in [4.78, 5) is 4.50. The van der Waals surface area contributed by atoms with Crippen molar-refractivity contribution in [3.63, 3.8) is 0 Å². The van der Waals surface area contributed by atoms with Crippen LogP contribution in [0.15, 0.2) is 54.7 Å². The van der Waals surface area contributed by atoms with Crippen molar-refractivity contribution in [2.75, 3.05) is 5.32 Å². The number of hydrogen-bond donors (Lipinski definition) is 2. The zero-order valence-electron chi connectivity index (χ0n) is 18.4. The maximum atomic E-state index is 13.8. The lowest BCUT2D eigenvalue weighted by Crippen LogP contribution is -2.18. The molecule has 2 aromatic carbocycles. The third kappa shape index (κ3) is 4.59. The van der Waals surface area contributed by atoms with Gasteiger partial charge in [-0.25, -0.2) is 13.9 Å². The van der Waals surface area contributed by atoms with Crippen molar-refractivity contribution in [3.8, 4) is 11.1 Å². The molecule has 1 saturated carbocycles. The summed E-state index contributed by atoms with van der Waals surface area (Å²) in [5.41, 5.74) is 6.01. The van der Waals surface area contributed by atoms with Crippen molar-refractivity contribution in [3.05, 3.63) is 76.8 Å². The minimum Gasteiger partial charge on any atom is -0.393 e. The van der Waals surface area contributed by atoms with Gasteiger partial charge in [-0.15, -0.1) is 5.10 Å². The van der Waals surface area contributed by atoms with E-state index in [9.17, 15) is 9.50 Å². The first-order valence-electron chi connectivity index (χ1n) is 11.4. The second-order valence-corrected chi connectivity index (χ2v) is 9.14. The van der Waals surface area contributed by atoms with Gasteiger partial charge in [-0.3, -0.25) is 0 Å². The summed E-state index contributed by atoms with van der Waals surface area (Å²) in [6.07, 6.45) is 5.97. The van der Waals surface area contributed by atoms with Crippen LogP contribution in [0.2, 0.25) is 5.02 Å². The standard InChI is InChI=1S/C26H26ClFN4O/c1-2-16-3-5-17(6-4-16)23-14-24(18-7-9-22(33)10-8-18)32-25(23)15-29-26(31-32)30-21-12-19(27)11-20(28)13-21/h3-6,11-15,18,22,33H,2,7-10H2,1H3,(H,30,31). The normalized spacial score (nSPS) is 18.5. The van der Waals surface area contributed by atoms with E-state index in [-0.39, 0.29) is 6.10 Å². The van der Waals surface area contributed by atoms with Gasteiger partial charge in [-0.05, 0) is 67.5 Å². The van der Waals surface area contributed by atoms with Gasteiger partial charge in [-0.1, -0.05) is 42.8 Å². The van der Waals surface area contributed by atoms with E-state index < -0.39 is 5.82 Å². The summed E-state index contributed by atoms with van der Waals surface area (Å²) >= 11 is 6.00. The molecule has 1 aliphatic carbocycles. The first-order chi connectivity index (χ1) is 16.0. The predicted octanol–water partition coefficient (Wildman–Crippen LogP) is 6.51. The van der Waals surface area contributed by atoms with Gasteiger partial charge in [-0.2, -0.15) is 0 Å². The minimum atomic E-state index is -0.425. The molecule has 0 radical (unpaired) electrons. The highest BCUT2D eigenvalue weighted by Crippen LogP contribution is 2.37. The van der Waals surface area contributed by atoms with Gasteiger partial charge in [0, 0.05) is 27.9 Å². The van der Waals surface area contributed by atoms with Crippen LogP contribution in [-0.2, 0) is 6.42 Å². The number of rotatable bonds is 5. The quantitative estimate of drug-likeness (QED) is 0.353. The molecule has 2 aromatic heterocycles.